The summed E-state index contributed by atoms with van der Waals surface area (Å²) < 4.78 is 6.95. The van der Waals surface area contributed by atoms with Crippen LogP contribution in [-0.2, 0) is 0 Å². The molecule has 0 radical (unpaired) electrons. The Kier molecular flexibility index (Phi) is 4.78. The first-order valence-corrected chi connectivity index (χ1v) is 8.92. The predicted octanol–water partition coefficient (Wildman–Crippen LogP) is 4.01. The van der Waals surface area contributed by atoms with Crippen LogP contribution in [-0.4, -0.2) is 38.2 Å². The fourth-order valence-electron chi connectivity index (χ4n) is 3.03. The minimum atomic E-state index is -0.960. The number of aromatic nitrogens is 4. The second-order valence-corrected chi connectivity index (χ2v) is 6.52. The van der Waals surface area contributed by atoms with Gasteiger partial charge in [-0.2, -0.15) is 0 Å². The van der Waals surface area contributed by atoms with Crippen molar-refractivity contribution in [2.45, 2.75) is 6.92 Å². The fourth-order valence-corrected chi connectivity index (χ4v) is 3.03. The summed E-state index contributed by atoms with van der Waals surface area (Å²) in [6, 6.07) is 16.3. The smallest absolute Gasteiger partial charge is 0.335 e. The number of carboxylic acids is 1. The van der Waals surface area contributed by atoms with Crippen molar-refractivity contribution in [1.29, 1.82) is 0 Å². The number of benzene rings is 2. The first kappa shape index (κ1) is 18.4. The quantitative estimate of drug-likeness (QED) is 0.557. The minimum Gasteiger partial charge on any atom is -0.497 e. The number of nitrogens with zero attached hydrogens (tertiary/aromatic N) is 4. The molecule has 7 heteroatoms. The molecule has 0 aliphatic carbocycles. The first-order valence-electron chi connectivity index (χ1n) is 8.92. The third kappa shape index (κ3) is 3.70. The summed E-state index contributed by atoms with van der Waals surface area (Å²) in [6.45, 7) is 1.99. The van der Waals surface area contributed by atoms with Gasteiger partial charge in [0.05, 0.1) is 36.4 Å². The van der Waals surface area contributed by atoms with E-state index in [-0.39, 0.29) is 5.56 Å². The van der Waals surface area contributed by atoms with Gasteiger partial charge in [-0.3, -0.25) is 4.98 Å². The number of ether oxygens (including phenoxy) is 1. The van der Waals surface area contributed by atoms with Crippen LogP contribution in [0.2, 0.25) is 0 Å². The average Bonchev–Trinajstić information content (AvgIpc) is 3.23. The normalized spacial score (nSPS) is 10.7. The molecule has 144 valence electrons. The molecule has 2 aromatic carbocycles. The minimum absolute atomic E-state index is 0.231. The number of carboxylic acid groups (broad SMARTS) is 1. The molecular formula is C22H18N4O3. The predicted molar refractivity (Wildman–Crippen MR) is 108 cm³/mol. The molecule has 0 aliphatic heterocycles. The van der Waals surface area contributed by atoms with Crippen LogP contribution in [0.5, 0.6) is 5.75 Å². The molecule has 2 aromatic heterocycles. The fraction of sp³-hybridized carbons (Fsp3) is 0.0909. The Hall–Kier alpha value is -4.00. The Morgan fingerprint density at radius 3 is 2.52 bits per heavy atom. The zero-order valence-electron chi connectivity index (χ0n) is 15.9. The molecule has 4 aromatic rings. The van der Waals surface area contributed by atoms with Crippen LogP contribution in [0.1, 0.15) is 15.9 Å². The van der Waals surface area contributed by atoms with Crippen LogP contribution < -0.4 is 4.74 Å². The van der Waals surface area contributed by atoms with E-state index in [0.29, 0.717) is 5.69 Å². The van der Waals surface area contributed by atoms with Crippen molar-refractivity contribution in [3.63, 3.8) is 0 Å². The summed E-state index contributed by atoms with van der Waals surface area (Å²) in [5, 5.41) is 17.4. The van der Waals surface area contributed by atoms with Crippen molar-refractivity contribution in [2.24, 2.45) is 0 Å². The number of hydrogen-bond donors (Lipinski definition) is 1. The maximum Gasteiger partial charge on any atom is 0.335 e. The van der Waals surface area contributed by atoms with Gasteiger partial charge in [0, 0.05) is 11.1 Å². The summed E-state index contributed by atoms with van der Waals surface area (Å²) in [5.41, 5.74) is 5.30. The molecule has 0 unspecified atom stereocenters. The molecule has 2 heterocycles. The van der Waals surface area contributed by atoms with Crippen LogP contribution in [0.4, 0.5) is 0 Å². The van der Waals surface area contributed by atoms with E-state index >= 15 is 0 Å². The monoisotopic (exact) mass is 386 g/mol. The second kappa shape index (κ2) is 7.55. The average molecular weight is 386 g/mol. The number of aryl methyl sites for hydroxylation is 1. The lowest BCUT2D eigenvalue weighted by molar-refractivity contribution is 0.0697. The van der Waals surface area contributed by atoms with E-state index in [2.05, 4.69) is 15.3 Å². The van der Waals surface area contributed by atoms with Gasteiger partial charge in [0.15, 0.2) is 0 Å². The number of methoxy groups -OCH3 is 1. The van der Waals surface area contributed by atoms with Crippen molar-refractivity contribution < 1.29 is 14.6 Å². The topological polar surface area (TPSA) is 90.1 Å². The standard InChI is InChI=1S/C22H18N4O3/c1-14-10-19(17-4-3-5-18(11-17)29-2)23-12-21(14)26-13-20(24-25-26)15-6-8-16(9-7-15)22(27)28/h3-13H,1-2H3,(H,27,28). The lowest BCUT2D eigenvalue weighted by Gasteiger charge is -2.08. The van der Waals surface area contributed by atoms with Gasteiger partial charge in [0.25, 0.3) is 0 Å². The first-order chi connectivity index (χ1) is 14.0. The van der Waals surface area contributed by atoms with Crippen LogP contribution in [0.3, 0.4) is 0 Å². The van der Waals surface area contributed by atoms with Crippen molar-refractivity contribution >= 4 is 5.97 Å². The number of rotatable bonds is 5. The van der Waals surface area contributed by atoms with Gasteiger partial charge < -0.3 is 9.84 Å². The molecule has 7 nitrogen and oxygen atoms in total. The highest BCUT2D eigenvalue weighted by Crippen LogP contribution is 2.25. The van der Waals surface area contributed by atoms with Crippen molar-refractivity contribution in [3.8, 4) is 34.0 Å². The molecule has 29 heavy (non-hydrogen) atoms. The maximum atomic E-state index is 11.0. The van der Waals surface area contributed by atoms with E-state index in [9.17, 15) is 4.79 Å². The number of aromatic carboxylic acids is 1. The van der Waals surface area contributed by atoms with Gasteiger partial charge in [-0.25, -0.2) is 9.48 Å². The Labute approximate surface area is 167 Å². The van der Waals surface area contributed by atoms with E-state index in [4.69, 9.17) is 9.84 Å². The van der Waals surface area contributed by atoms with Gasteiger partial charge in [0.2, 0.25) is 0 Å². The van der Waals surface area contributed by atoms with Crippen molar-refractivity contribution in [3.05, 3.63) is 78.1 Å². The highest BCUT2D eigenvalue weighted by molar-refractivity contribution is 5.88. The molecule has 0 atom stereocenters. The van der Waals surface area contributed by atoms with Gasteiger partial charge in [-0.05, 0) is 42.8 Å². The summed E-state index contributed by atoms with van der Waals surface area (Å²) in [5.74, 6) is -0.182. The van der Waals surface area contributed by atoms with Gasteiger partial charge in [-0.1, -0.05) is 29.5 Å². The third-order valence-corrected chi connectivity index (χ3v) is 4.62. The Balaban J connectivity index is 1.63. The molecule has 0 aliphatic rings. The Morgan fingerprint density at radius 2 is 1.83 bits per heavy atom. The summed E-state index contributed by atoms with van der Waals surface area (Å²) in [6.07, 6.45) is 3.56. The van der Waals surface area contributed by atoms with E-state index in [0.717, 1.165) is 33.8 Å². The van der Waals surface area contributed by atoms with Gasteiger partial charge in [-0.15, -0.1) is 5.10 Å². The van der Waals surface area contributed by atoms with E-state index in [1.807, 2.05) is 37.3 Å². The lowest BCUT2D eigenvalue weighted by atomic mass is 10.1. The van der Waals surface area contributed by atoms with E-state index < -0.39 is 5.97 Å². The molecule has 1 N–H and O–H groups in total. The van der Waals surface area contributed by atoms with Crippen LogP contribution in [0.25, 0.3) is 28.2 Å². The van der Waals surface area contributed by atoms with E-state index in [1.165, 1.54) is 0 Å². The SMILES string of the molecule is COc1cccc(-c2cc(C)c(-n3cc(-c4ccc(C(=O)O)cc4)nn3)cn2)c1. The zero-order valence-corrected chi connectivity index (χ0v) is 15.9. The highest BCUT2D eigenvalue weighted by atomic mass is 16.5. The summed E-state index contributed by atoms with van der Waals surface area (Å²) in [7, 11) is 1.64. The number of pyridine rings is 1. The molecular weight excluding hydrogens is 368 g/mol. The Bertz CT molecular complexity index is 1180. The zero-order chi connectivity index (χ0) is 20.4. The highest BCUT2D eigenvalue weighted by Gasteiger charge is 2.11. The van der Waals surface area contributed by atoms with Crippen LogP contribution in [0, 0.1) is 6.92 Å². The molecule has 4 rings (SSSR count). The second-order valence-electron chi connectivity index (χ2n) is 6.52. The van der Waals surface area contributed by atoms with E-state index in [1.54, 1.807) is 48.5 Å². The molecule has 0 fully saturated rings. The molecule has 0 amide bonds. The molecule has 0 saturated heterocycles. The lowest BCUT2D eigenvalue weighted by Crippen LogP contribution is -2.00. The maximum absolute atomic E-state index is 11.0. The third-order valence-electron chi connectivity index (χ3n) is 4.62. The number of hydrogen-bond acceptors (Lipinski definition) is 5. The number of carbonyl (C=O) groups is 1. The van der Waals surface area contributed by atoms with Crippen molar-refractivity contribution in [1.82, 2.24) is 20.0 Å². The largest absolute Gasteiger partial charge is 0.497 e. The molecule has 0 bridgehead atoms. The van der Waals surface area contributed by atoms with Crippen LogP contribution in [0.15, 0.2) is 67.0 Å². The van der Waals surface area contributed by atoms with Gasteiger partial charge in [0.1, 0.15) is 11.4 Å². The van der Waals surface area contributed by atoms with Crippen molar-refractivity contribution in [2.75, 3.05) is 7.11 Å². The Morgan fingerprint density at radius 1 is 1.03 bits per heavy atom. The molecule has 0 saturated carbocycles. The summed E-state index contributed by atoms with van der Waals surface area (Å²) >= 11 is 0. The molecule has 0 spiro atoms. The summed E-state index contributed by atoms with van der Waals surface area (Å²) in [4.78, 5) is 15.6. The van der Waals surface area contributed by atoms with Crippen LogP contribution >= 0.6 is 0 Å². The van der Waals surface area contributed by atoms with Gasteiger partial charge >= 0.3 is 5.97 Å².